The molecule has 0 atom stereocenters. The fourth-order valence-electron chi connectivity index (χ4n) is 1.89. The average molecular weight is 310 g/mol. The predicted octanol–water partition coefficient (Wildman–Crippen LogP) is 1.42. The summed E-state index contributed by atoms with van der Waals surface area (Å²) in [5.41, 5.74) is 0.763. The van der Waals surface area contributed by atoms with Crippen molar-refractivity contribution in [1.82, 2.24) is 9.62 Å². The van der Waals surface area contributed by atoms with Gasteiger partial charge in [0.25, 0.3) is 10.0 Å². The number of benzene rings is 1. The third-order valence-corrected chi connectivity index (χ3v) is 4.52. The van der Waals surface area contributed by atoms with Crippen LogP contribution in [0.25, 0.3) is 6.08 Å². The second-order valence-electron chi connectivity index (χ2n) is 4.68. The van der Waals surface area contributed by atoms with Crippen LogP contribution in [0.5, 0.6) is 0 Å². The van der Waals surface area contributed by atoms with Crippen LogP contribution in [0, 0.1) is 0 Å². The minimum absolute atomic E-state index is 0.0929. The smallest absolute Gasteiger partial charge is 0.331 e. The number of urea groups is 1. The summed E-state index contributed by atoms with van der Waals surface area (Å²) >= 11 is 0. The molecular formula is C14H18N2O4S. The molecule has 1 N–H and O–H groups in total. The van der Waals surface area contributed by atoms with Crippen molar-refractivity contribution < 1.29 is 17.9 Å². The molecule has 1 aliphatic heterocycles. The van der Waals surface area contributed by atoms with Crippen LogP contribution in [0.1, 0.15) is 12.5 Å². The Balaban J connectivity index is 2.07. The highest BCUT2D eigenvalue weighted by Gasteiger charge is 2.23. The second kappa shape index (κ2) is 6.73. The van der Waals surface area contributed by atoms with E-state index < -0.39 is 16.1 Å². The zero-order chi connectivity index (χ0) is 15.3. The summed E-state index contributed by atoms with van der Waals surface area (Å²) in [5, 5.41) is 0. The molecule has 1 aliphatic rings. The van der Waals surface area contributed by atoms with Gasteiger partial charge in [-0.05, 0) is 18.6 Å². The SMILES string of the molecule is CC(=Cc1ccccc1)S(=O)(=O)NC(=O)N1CCOCC1. The van der Waals surface area contributed by atoms with E-state index >= 15 is 0 Å². The highest BCUT2D eigenvalue weighted by molar-refractivity contribution is 7.94. The lowest BCUT2D eigenvalue weighted by atomic mass is 10.2. The Morgan fingerprint density at radius 1 is 1.24 bits per heavy atom. The topological polar surface area (TPSA) is 75.7 Å². The van der Waals surface area contributed by atoms with Crippen molar-refractivity contribution in [3.8, 4) is 0 Å². The molecule has 1 heterocycles. The highest BCUT2D eigenvalue weighted by atomic mass is 32.2. The van der Waals surface area contributed by atoms with E-state index in [0.29, 0.717) is 26.3 Å². The fourth-order valence-corrected chi connectivity index (χ4v) is 2.70. The molecular weight excluding hydrogens is 292 g/mol. The average Bonchev–Trinajstić information content (AvgIpc) is 2.48. The summed E-state index contributed by atoms with van der Waals surface area (Å²) in [6, 6.07) is 8.46. The Bertz CT molecular complexity index is 620. The number of allylic oxidation sites excluding steroid dienone is 1. The summed E-state index contributed by atoms with van der Waals surface area (Å²) in [6.07, 6.45) is 1.52. The maximum Gasteiger partial charge on any atom is 0.331 e. The first-order valence-corrected chi connectivity index (χ1v) is 8.10. The third kappa shape index (κ3) is 4.30. The van der Waals surface area contributed by atoms with Crippen molar-refractivity contribution in [2.45, 2.75) is 6.92 Å². The van der Waals surface area contributed by atoms with E-state index in [4.69, 9.17) is 4.74 Å². The number of hydrogen-bond acceptors (Lipinski definition) is 4. The Morgan fingerprint density at radius 3 is 2.48 bits per heavy atom. The Hall–Kier alpha value is -1.86. The van der Waals surface area contributed by atoms with E-state index in [1.807, 2.05) is 18.2 Å². The van der Waals surface area contributed by atoms with Crippen LogP contribution < -0.4 is 4.72 Å². The van der Waals surface area contributed by atoms with Gasteiger partial charge in [-0.3, -0.25) is 0 Å². The number of sulfonamides is 1. The highest BCUT2D eigenvalue weighted by Crippen LogP contribution is 2.11. The van der Waals surface area contributed by atoms with Crippen molar-refractivity contribution in [2.75, 3.05) is 26.3 Å². The minimum atomic E-state index is -3.83. The van der Waals surface area contributed by atoms with Crippen LogP contribution in [0.3, 0.4) is 0 Å². The number of carbonyl (C=O) groups excluding carboxylic acids is 1. The summed E-state index contributed by atoms with van der Waals surface area (Å²) in [7, 11) is -3.83. The Labute approximate surface area is 124 Å². The van der Waals surface area contributed by atoms with Gasteiger partial charge in [-0.15, -0.1) is 0 Å². The van der Waals surface area contributed by atoms with Crippen molar-refractivity contribution in [1.29, 1.82) is 0 Å². The zero-order valence-electron chi connectivity index (χ0n) is 11.8. The molecule has 1 fully saturated rings. The number of ether oxygens (including phenoxy) is 1. The summed E-state index contributed by atoms with van der Waals surface area (Å²) < 4.78 is 31.5. The molecule has 0 aromatic heterocycles. The minimum Gasteiger partial charge on any atom is -0.378 e. The van der Waals surface area contributed by atoms with Gasteiger partial charge in [0.1, 0.15) is 0 Å². The van der Waals surface area contributed by atoms with Crippen LogP contribution in [-0.2, 0) is 14.8 Å². The van der Waals surface area contributed by atoms with Gasteiger partial charge in [-0.2, -0.15) is 0 Å². The van der Waals surface area contributed by atoms with Gasteiger partial charge in [-0.1, -0.05) is 30.3 Å². The second-order valence-corrected chi connectivity index (χ2v) is 6.53. The number of carbonyl (C=O) groups is 1. The van der Waals surface area contributed by atoms with Gasteiger partial charge in [0.05, 0.1) is 18.1 Å². The quantitative estimate of drug-likeness (QED) is 0.916. The van der Waals surface area contributed by atoms with Gasteiger partial charge in [-0.25, -0.2) is 17.9 Å². The normalized spacial score (nSPS) is 16.6. The lowest BCUT2D eigenvalue weighted by Crippen LogP contribution is -2.47. The first-order chi connectivity index (χ1) is 9.99. The van der Waals surface area contributed by atoms with Gasteiger partial charge in [0.15, 0.2) is 0 Å². The summed E-state index contributed by atoms with van der Waals surface area (Å²) in [6.45, 7) is 3.09. The predicted molar refractivity (Wildman–Crippen MR) is 79.9 cm³/mol. The maximum atomic E-state index is 12.1. The Morgan fingerprint density at radius 2 is 1.86 bits per heavy atom. The fraction of sp³-hybridized carbons (Fsp3) is 0.357. The van der Waals surface area contributed by atoms with Crippen molar-refractivity contribution in [3.63, 3.8) is 0 Å². The number of hydrogen-bond donors (Lipinski definition) is 1. The molecule has 1 aromatic carbocycles. The molecule has 0 aliphatic carbocycles. The first kappa shape index (κ1) is 15.5. The molecule has 2 amide bonds. The van der Waals surface area contributed by atoms with Crippen molar-refractivity contribution >= 4 is 22.1 Å². The lowest BCUT2D eigenvalue weighted by molar-refractivity contribution is 0.0545. The van der Waals surface area contributed by atoms with Crippen LogP contribution in [-0.4, -0.2) is 45.7 Å². The van der Waals surface area contributed by atoms with Crippen LogP contribution >= 0.6 is 0 Å². The number of rotatable bonds is 3. The maximum absolute atomic E-state index is 12.1. The van der Waals surface area contributed by atoms with Crippen molar-refractivity contribution in [2.24, 2.45) is 0 Å². The van der Waals surface area contributed by atoms with E-state index in [1.54, 1.807) is 12.1 Å². The molecule has 7 heteroatoms. The number of nitrogens with one attached hydrogen (secondary N) is 1. The molecule has 2 rings (SSSR count). The van der Waals surface area contributed by atoms with Crippen molar-refractivity contribution in [3.05, 3.63) is 40.8 Å². The van der Waals surface area contributed by atoms with E-state index in [1.165, 1.54) is 17.9 Å². The molecule has 0 spiro atoms. The molecule has 0 unspecified atom stereocenters. The Kier molecular flexibility index (Phi) is 4.98. The number of morpholine rings is 1. The number of amides is 2. The molecule has 1 saturated heterocycles. The molecule has 0 radical (unpaired) electrons. The molecule has 6 nitrogen and oxygen atoms in total. The van der Waals surface area contributed by atoms with Crippen LogP contribution in [0.2, 0.25) is 0 Å². The largest absolute Gasteiger partial charge is 0.378 e. The standard InChI is InChI=1S/C14H18N2O4S/c1-12(11-13-5-3-2-4-6-13)21(18,19)15-14(17)16-7-9-20-10-8-16/h2-6,11H,7-10H2,1H3,(H,15,17). The van der Waals surface area contributed by atoms with Gasteiger partial charge < -0.3 is 9.64 Å². The molecule has 114 valence electrons. The zero-order valence-corrected chi connectivity index (χ0v) is 12.6. The monoisotopic (exact) mass is 310 g/mol. The summed E-state index contributed by atoms with van der Waals surface area (Å²) in [4.78, 5) is 13.4. The van der Waals surface area contributed by atoms with E-state index in [9.17, 15) is 13.2 Å². The van der Waals surface area contributed by atoms with Crippen LogP contribution in [0.15, 0.2) is 35.2 Å². The van der Waals surface area contributed by atoms with Gasteiger partial charge in [0.2, 0.25) is 0 Å². The molecule has 0 bridgehead atoms. The van der Waals surface area contributed by atoms with E-state index in [-0.39, 0.29) is 4.91 Å². The van der Waals surface area contributed by atoms with Gasteiger partial charge >= 0.3 is 6.03 Å². The number of nitrogens with zero attached hydrogens (tertiary/aromatic N) is 1. The van der Waals surface area contributed by atoms with E-state index in [2.05, 4.69) is 4.72 Å². The van der Waals surface area contributed by atoms with Crippen LogP contribution in [0.4, 0.5) is 4.79 Å². The molecule has 21 heavy (non-hydrogen) atoms. The molecule has 1 aromatic rings. The summed E-state index contributed by atoms with van der Waals surface area (Å²) in [5.74, 6) is 0. The lowest BCUT2D eigenvalue weighted by Gasteiger charge is -2.26. The third-order valence-electron chi connectivity index (χ3n) is 3.11. The van der Waals surface area contributed by atoms with Gasteiger partial charge in [0, 0.05) is 13.1 Å². The molecule has 0 saturated carbocycles. The van der Waals surface area contributed by atoms with E-state index in [0.717, 1.165) is 5.56 Å². The first-order valence-electron chi connectivity index (χ1n) is 6.62.